The van der Waals surface area contributed by atoms with E-state index in [-0.39, 0.29) is 11.5 Å². The van der Waals surface area contributed by atoms with Crippen molar-refractivity contribution in [1.82, 2.24) is 5.32 Å². The maximum Gasteiger partial charge on any atom is 0.340 e. The topological polar surface area (TPSA) is 58.6 Å². The van der Waals surface area contributed by atoms with Crippen LogP contribution in [0, 0.1) is 11.7 Å². The number of hydrogen-bond acceptors (Lipinski definition) is 4. The zero-order valence-electron chi connectivity index (χ0n) is 12.9. The first kappa shape index (κ1) is 17.6. The summed E-state index contributed by atoms with van der Waals surface area (Å²) in [6, 6.07) is 4.39. The van der Waals surface area contributed by atoms with Crippen molar-refractivity contribution in [3.8, 4) is 0 Å². The highest BCUT2D eigenvalue weighted by Gasteiger charge is 2.15. The fourth-order valence-electron chi connectivity index (χ4n) is 2.31. The maximum atomic E-state index is 13.7. The first-order valence-corrected chi connectivity index (χ1v) is 7.28. The summed E-state index contributed by atoms with van der Waals surface area (Å²) in [4.78, 5) is 11.3. The summed E-state index contributed by atoms with van der Waals surface area (Å²) < 4.78 is 18.2. The van der Waals surface area contributed by atoms with Gasteiger partial charge in [0.25, 0.3) is 0 Å². The molecule has 0 heterocycles. The number of benzene rings is 1. The average molecular weight is 297 g/mol. The molecule has 0 spiro atoms. The minimum atomic E-state index is -0.684. The summed E-state index contributed by atoms with van der Waals surface area (Å²) in [6.07, 6.45) is 1.46. The second-order valence-electron chi connectivity index (χ2n) is 5.08. The number of halogens is 1. The van der Waals surface area contributed by atoms with Crippen LogP contribution in [0.25, 0.3) is 0 Å². The predicted octanol–water partition coefficient (Wildman–Crippen LogP) is 2.50. The lowest BCUT2D eigenvalue weighted by molar-refractivity contribution is 0.0595. The van der Waals surface area contributed by atoms with Gasteiger partial charge in [0, 0.05) is 13.1 Å². The highest BCUT2D eigenvalue weighted by Crippen LogP contribution is 2.14. The first-order valence-electron chi connectivity index (χ1n) is 7.28. The summed E-state index contributed by atoms with van der Waals surface area (Å²) in [5.41, 5.74) is 0.648. The molecule has 4 nitrogen and oxygen atoms in total. The zero-order chi connectivity index (χ0) is 15.8. The van der Waals surface area contributed by atoms with Gasteiger partial charge in [0.15, 0.2) is 0 Å². The summed E-state index contributed by atoms with van der Waals surface area (Å²) in [5, 5.41) is 13.1. The summed E-state index contributed by atoms with van der Waals surface area (Å²) >= 11 is 0. The Labute approximate surface area is 125 Å². The van der Waals surface area contributed by atoms with Gasteiger partial charge in [0.05, 0.1) is 18.8 Å². The molecular weight excluding hydrogens is 273 g/mol. The highest BCUT2D eigenvalue weighted by molar-refractivity contribution is 5.89. The van der Waals surface area contributed by atoms with Crippen LogP contribution < -0.4 is 5.32 Å². The highest BCUT2D eigenvalue weighted by atomic mass is 19.1. The van der Waals surface area contributed by atoms with Crippen LogP contribution in [0.15, 0.2) is 18.2 Å². The monoisotopic (exact) mass is 297 g/mol. The average Bonchev–Trinajstić information content (AvgIpc) is 2.48. The van der Waals surface area contributed by atoms with E-state index in [0.29, 0.717) is 13.1 Å². The van der Waals surface area contributed by atoms with Crippen molar-refractivity contribution in [3.63, 3.8) is 0 Å². The van der Waals surface area contributed by atoms with Crippen molar-refractivity contribution in [2.75, 3.05) is 13.7 Å². The fraction of sp³-hybridized carbons (Fsp3) is 0.562. The van der Waals surface area contributed by atoms with Crippen molar-refractivity contribution in [2.45, 2.75) is 39.3 Å². The molecule has 1 atom stereocenters. The molecule has 5 heteroatoms. The number of carbonyl (C=O) groups is 1. The Morgan fingerprint density at radius 3 is 2.57 bits per heavy atom. The summed E-state index contributed by atoms with van der Waals surface area (Å²) in [7, 11) is 1.22. The predicted molar refractivity (Wildman–Crippen MR) is 79.5 cm³/mol. The van der Waals surface area contributed by atoms with Gasteiger partial charge >= 0.3 is 5.97 Å². The van der Waals surface area contributed by atoms with Gasteiger partial charge in [-0.25, -0.2) is 9.18 Å². The van der Waals surface area contributed by atoms with E-state index in [0.717, 1.165) is 18.4 Å². The van der Waals surface area contributed by atoms with Crippen LogP contribution in [0.3, 0.4) is 0 Å². The molecule has 0 radical (unpaired) electrons. The molecule has 0 aromatic heterocycles. The number of nitrogens with one attached hydrogen (secondary N) is 1. The van der Waals surface area contributed by atoms with Crippen LogP contribution in [-0.2, 0) is 11.3 Å². The zero-order valence-corrected chi connectivity index (χ0v) is 12.9. The molecule has 0 amide bonds. The Balaban J connectivity index is 2.53. The third kappa shape index (κ3) is 5.10. The minimum absolute atomic E-state index is 0.0710. The van der Waals surface area contributed by atoms with E-state index in [9.17, 15) is 14.3 Å². The molecule has 0 fully saturated rings. The molecule has 118 valence electrons. The van der Waals surface area contributed by atoms with Crippen molar-refractivity contribution in [1.29, 1.82) is 0 Å². The Hall–Kier alpha value is -1.46. The molecule has 1 aromatic rings. The van der Waals surface area contributed by atoms with Crippen LogP contribution in [0.2, 0.25) is 0 Å². The third-order valence-electron chi connectivity index (χ3n) is 3.71. The Morgan fingerprint density at radius 1 is 1.38 bits per heavy atom. The van der Waals surface area contributed by atoms with Crippen molar-refractivity contribution in [2.24, 2.45) is 5.92 Å². The van der Waals surface area contributed by atoms with E-state index >= 15 is 0 Å². The molecular formula is C16H24FNO3. The number of rotatable bonds is 8. The van der Waals surface area contributed by atoms with E-state index in [1.165, 1.54) is 19.2 Å². The second-order valence-corrected chi connectivity index (χ2v) is 5.08. The van der Waals surface area contributed by atoms with Crippen molar-refractivity contribution < 1.29 is 19.0 Å². The number of esters is 1. The second kappa shape index (κ2) is 8.74. The first-order chi connectivity index (χ1) is 10.0. The van der Waals surface area contributed by atoms with Gasteiger partial charge in [0.2, 0.25) is 0 Å². The minimum Gasteiger partial charge on any atom is -0.465 e. The number of aliphatic hydroxyl groups excluding tert-OH is 1. The van der Waals surface area contributed by atoms with E-state index < -0.39 is 17.9 Å². The number of ether oxygens (including phenoxy) is 1. The van der Waals surface area contributed by atoms with Crippen LogP contribution in [0.5, 0.6) is 0 Å². The number of hydrogen-bond donors (Lipinski definition) is 2. The molecule has 0 aliphatic carbocycles. The van der Waals surface area contributed by atoms with E-state index in [1.54, 1.807) is 6.07 Å². The molecule has 0 aliphatic heterocycles. The smallest absolute Gasteiger partial charge is 0.340 e. The molecule has 1 rings (SSSR count). The summed E-state index contributed by atoms with van der Waals surface area (Å²) in [5.74, 6) is -1.01. The molecule has 0 aliphatic rings. The number of methoxy groups -OCH3 is 1. The van der Waals surface area contributed by atoms with Gasteiger partial charge in [-0.2, -0.15) is 0 Å². The van der Waals surface area contributed by atoms with Gasteiger partial charge in [-0.3, -0.25) is 0 Å². The fourth-order valence-corrected chi connectivity index (χ4v) is 2.31. The largest absolute Gasteiger partial charge is 0.465 e. The Kier molecular flexibility index (Phi) is 7.32. The third-order valence-corrected chi connectivity index (χ3v) is 3.71. The van der Waals surface area contributed by atoms with Gasteiger partial charge in [-0.05, 0) is 23.6 Å². The Bertz CT molecular complexity index is 461. The molecule has 0 bridgehead atoms. The van der Waals surface area contributed by atoms with E-state index in [1.807, 2.05) is 0 Å². The van der Waals surface area contributed by atoms with E-state index in [2.05, 4.69) is 23.9 Å². The van der Waals surface area contributed by atoms with Gasteiger partial charge in [0.1, 0.15) is 5.82 Å². The lowest BCUT2D eigenvalue weighted by Crippen LogP contribution is -2.32. The van der Waals surface area contributed by atoms with Crippen molar-refractivity contribution in [3.05, 3.63) is 35.1 Å². The normalized spacial score (nSPS) is 12.5. The van der Waals surface area contributed by atoms with Gasteiger partial charge in [-0.15, -0.1) is 0 Å². The van der Waals surface area contributed by atoms with Crippen LogP contribution in [0.1, 0.15) is 42.6 Å². The van der Waals surface area contributed by atoms with Gasteiger partial charge in [-0.1, -0.05) is 32.8 Å². The SMILES string of the molecule is CCC(CC)C(O)CNCc1ccc(C(=O)OC)c(F)c1. The quantitative estimate of drug-likeness (QED) is 0.724. The van der Waals surface area contributed by atoms with Gasteiger partial charge < -0.3 is 15.2 Å². The molecule has 1 aromatic carbocycles. The molecule has 2 N–H and O–H groups in total. The lowest BCUT2D eigenvalue weighted by atomic mass is 9.96. The van der Waals surface area contributed by atoms with Crippen LogP contribution in [-0.4, -0.2) is 30.8 Å². The number of aliphatic hydroxyl groups is 1. The lowest BCUT2D eigenvalue weighted by Gasteiger charge is -2.20. The molecule has 0 saturated heterocycles. The summed E-state index contributed by atoms with van der Waals surface area (Å²) in [6.45, 7) is 5.01. The van der Waals surface area contributed by atoms with Crippen LogP contribution >= 0.6 is 0 Å². The standard InChI is InChI=1S/C16H24FNO3/c1-4-12(5-2)15(19)10-18-9-11-6-7-13(14(17)8-11)16(20)21-3/h6-8,12,15,18-19H,4-5,9-10H2,1-3H3. The van der Waals surface area contributed by atoms with Crippen LogP contribution in [0.4, 0.5) is 4.39 Å². The molecule has 21 heavy (non-hydrogen) atoms. The maximum absolute atomic E-state index is 13.7. The molecule has 0 saturated carbocycles. The van der Waals surface area contributed by atoms with Crippen molar-refractivity contribution >= 4 is 5.97 Å². The Morgan fingerprint density at radius 2 is 2.05 bits per heavy atom. The molecule has 1 unspecified atom stereocenters. The number of carbonyl (C=O) groups excluding carboxylic acids is 1. The van der Waals surface area contributed by atoms with E-state index in [4.69, 9.17) is 0 Å².